The lowest BCUT2D eigenvalue weighted by Gasteiger charge is -2.38. The molecule has 3 N–H and O–H groups in total. The normalized spacial score (nSPS) is 18.7. The van der Waals surface area contributed by atoms with Crippen molar-refractivity contribution in [1.82, 2.24) is 15.5 Å². The minimum absolute atomic E-state index is 0.104. The number of carbonyl (C=O) groups excluding carboxylic acids is 1. The third-order valence-electron chi connectivity index (χ3n) is 5.48. The fourth-order valence-electron chi connectivity index (χ4n) is 3.84. The highest BCUT2D eigenvalue weighted by Gasteiger charge is 2.43. The highest BCUT2D eigenvalue weighted by Crippen LogP contribution is 2.47. The number of aliphatic imine (C=N–C) groups is 1. The Hall–Kier alpha value is -2.24. The molecule has 142 valence electrons. The molecular formula is C20H30N4O2. The standard InChI is InChI=1S/C20H30N4O2/c1-2-21-19(24-13-10-20(15-24)8-4-9-20)23-12-5-11-22-18(26)16-6-3-7-17(25)14-16/h3,6-7,14,25H,2,4-5,8-13,15H2,1H3,(H,21,23)(H,22,26). The van der Waals surface area contributed by atoms with Gasteiger partial charge in [-0.15, -0.1) is 0 Å². The first-order valence-electron chi connectivity index (χ1n) is 9.72. The minimum atomic E-state index is -0.164. The molecule has 1 amide bonds. The molecule has 1 aromatic carbocycles. The minimum Gasteiger partial charge on any atom is -0.508 e. The topological polar surface area (TPSA) is 77.0 Å². The maximum absolute atomic E-state index is 12.0. The molecule has 2 fully saturated rings. The molecule has 1 heterocycles. The summed E-state index contributed by atoms with van der Waals surface area (Å²) in [5, 5.41) is 15.7. The van der Waals surface area contributed by atoms with Crippen molar-refractivity contribution in [2.24, 2.45) is 10.4 Å². The summed E-state index contributed by atoms with van der Waals surface area (Å²) in [7, 11) is 0. The average Bonchev–Trinajstić information content (AvgIpc) is 3.06. The van der Waals surface area contributed by atoms with Crippen molar-refractivity contribution in [2.45, 2.75) is 39.0 Å². The maximum atomic E-state index is 12.0. The third-order valence-corrected chi connectivity index (χ3v) is 5.48. The highest BCUT2D eigenvalue weighted by molar-refractivity contribution is 5.94. The molecule has 1 aliphatic carbocycles. The summed E-state index contributed by atoms with van der Waals surface area (Å²) in [6.07, 6.45) is 6.18. The van der Waals surface area contributed by atoms with Crippen LogP contribution in [0.2, 0.25) is 0 Å². The fraction of sp³-hybridized carbons (Fsp3) is 0.600. The van der Waals surface area contributed by atoms with E-state index in [1.54, 1.807) is 18.2 Å². The second kappa shape index (κ2) is 8.43. The molecule has 1 spiro atoms. The lowest BCUT2D eigenvalue weighted by Crippen LogP contribution is -2.42. The number of likely N-dealkylation sites (tertiary alicyclic amines) is 1. The zero-order valence-corrected chi connectivity index (χ0v) is 15.6. The summed E-state index contributed by atoms with van der Waals surface area (Å²) in [5.74, 6) is 0.950. The van der Waals surface area contributed by atoms with Gasteiger partial charge in [0.15, 0.2) is 5.96 Å². The number of nitrogens with zero attached hydrogens (tertiary/aromatic N) is 2. The first kappa shape index (κ1) is 18.5. The van der Waals surface area contributed by atoms with Gasteiger partial charge in [0.2, 0.25) is 0 Å². The Labute approximate surface area is 155 Å². The molecular weight excluding hydrogens is 328 g/mol. The van der Waals surface area contributed by atoms with Crippen molar-refractivity contribution in [3.8, 4) is 5.75 Å². The third kappa shape index (κ3) is 4.48. The Balaban J connectivity index is 1.43. The molecule has 0 atom stereocenters. The van der Waals surface area contributed by atoms with Gasteiger partial charge in [-0.1, -0.05) is 12.5 Å². The van der Waals surface area contributed by atoms with E-state index in [0.29, 0.717) is 24.1 Å². The van der Waals surface area contributed by atoms with E-state index in [9.17, 15) is 9.90 Å². The van der Waals surface area contributed by atoms with Gasteiger partial charge in [-0.2, -0.15) is 0 Å². The Morgan fingerprint density at radius 1 is 1.31 bits per heavy atom. The number of guanidine groups is 1. The van der Waals surface area contributed by atoms with Crippen LogP contribution in [0.1, 0.15) is 49.4 Å². The summed E-state index contributed by atoms with van der Waals surface area (Å²) in [6, 6.07) is 6.39. The van der Waals surface area contributed by atoms with Crippen LogP contribution in [0, 0.1) is 5.41 Å². The van der Waals surface area contributed by atoms with E-state index in [1.165, 1.54) is 31.7 Å². The van der Waals surface area contributed by atoms with Crippen LogP contribution in [0.25, 0.3) is 0 Å². The van der Waals surface area contributed by atoms with Gasteiger partial charge in [0.25, 0.3) is 5.91 Å². The number of phenolic OH excluding ortho intramolecular Hbond substituents is 1. The molecule has 1 aliphatic heterocycles. The van der Waals surface area contributed by atoms with Gasteiger partial charge in [-0.05, 0) is 56.2 Å². The van der Waals surface area contributed by atoms with Crippen molar-refractivity contribution >= 4 is 11.9 Å². The molecule has 6 heteroatoms. The first-order valence-corrected chi connectivity index (χ1v) is 9.72. The number of phenols is 1. The first-order chi connectivity index (χ1) is 12.6. The van der Waals surface area contributed by atoms with Crippen LogP contribution in [0.4, 0.5) is 0 Å². The number of benzene rings is 1. The Morgan fingerprint density at radius 2 is 2.15 bits per heavy atom. The van der Waals surface area contributed by atoms with Gasteiger partial charge in [0.05, 0.1) is 0 Å². The zero-order valence-electron chi connectivity index (χ0n) is 15.6. The highest BCUT2D eigenvalue weighted by atomic mass is 16.3. The predicted molar refractivity (Wildman–Crippen MR) is 104 cm³/mol. The monoisotopic (exact) mass is 358 g/mol. The largest absolute Gasteiger partial charge is 0.508 e. The van der Waals surface area contributed by atoms with Crippen LogP contribution in [0.15, 0.2) is 29.3 Å². The van der Waals surface area contributed by atoms with Crippen LogP contribution in [-0.4, -0.2) is 54.6 Å². The molecule has 0 bridgehead atoms. The molecule has 0 radical (unpaired) electrons. The van der Waals surface area contributed by atoms with Gasteiger partial charge in [0.1, 0.15) is 5.75 Å². The van der Waals surface area contributed by atoms with E-state index >= 15 is 0 Å². The Morgan fingerprint density at radius 3 is 2.81 bits per heavy atom. The number of hydrogen-bond donors (Lipinski definition) is 3. The fourth-order valence-corrected chi connectivity index (χ4v) is 3.84. The van der Waals surface area contributed by atoms with Crippen molar-refractivity contribution in [3.05, 3.63) is 29.8 Å². The molecule has 1 aromatic rings. The number of carbonyl (C=O) groups is 1. The summed E-state index contributed by atoms with van der Waals surface area (Å²) in [4.78, 5) is 19.2. The van der Waals surface area contributed by atoms with Gasteiger partial charge in [0, 0.05) is 38.3 Å². The molecule has 0 aromatic heterocycles. The van der Waals surface area contributed by atoms with E-state index in [1.807, 2.05) is 0 Å². The lowest BCUT2D eigenvalue weighted by atomic mass is 9.68. The quantitative estimate of drug-likeness (QED) is 0.414. The molecule has 1 saturated carbocycles. The predicted octanol–water partition coefficient (Wildman–Crippen LogP) is 2.35. The van der Waals surface area contributed by atoms with Gasteiger partial charge >= 0.3 is 0 Å². The van der Waals surface area contributed by atoms with E-state index in [2.05, 4.69) is 22.5 Å². The summed E-state index contributed by atoms with van der Waals surface area (Å²) in [5.41, 5.74) is 1.04. The molecule has 1 saturated heterocycles. The molecule has 26 heavy (non-hydrogen) atoms. The van der Waals surface area contributed by atoms with Crippen molar-refractivity contribution < 1.29 is 9.90 Å². The number of aromatic hydroxyl groups is 1. The van der Waals surface area contributed by atoms with Gasteiger partial charge in [-0.3, -0.25) is 9.79 Å². The van der Waals surface area contributed by atoms with Crippen LogP contribution < -0.4 is 10.6 Å². The van der Waals surface area contributed by atoms with Crippen LogP contribution >= 0.6 is 0 Å². The van der Waals surface area contributed by atoms with E-state index in [-0.39, 0.29) is 11.7 Å². The van der Waals surface area contributed by atoms with Gasteiger partial charge in [-0.25, -0.2) is 0 Å². The molecule has 6 nitrogen and oxygen atoms in total. The number of nitrogens with one attached hydrogen (secondary N) is 2. The summed E-state index contributed by atoms with van der Waals surface area (Å²) >= 11 is 0. The van der Waals surface area contributed by atoms with Gasteiger partial charge < -0.3 is 20.6 Å². The SMILES string of the molecule is CCNC(=NCCCNC(=O)c1cccc(O)c1)N1CCC2(CCC2)C1. The number of rotatable bonds is 6. The van der Waals surface area contributed by atoms with Crippen molar-refractivity contribution in [3.63, 3.8) is 0 Å². The molecule has 0 unspecified atom stereocenters. The van der Waals surface area contributed by atoms with Crippen LogP contribution in [0.3, 0.4) is 0 Å². The molecule has 3 rings (SSSR count). The van der Waals surface area contributed by atoms with E-state index in [0.717, 1.165) is 32.0 Å². The average molecular weight is 358 g/mol. The summed E-state index contributed by atoms with van der Waals surface area (Å²) in [6.45, 7) is 6.46. The van der Waals surface area contributed by atoms with Crippen molar-refractivity contribution in [2.75, 3.05) is 32.7 Å². The molecule has 2 aliphatic rings. The smallest absolute Gasteiger partial charge is 0.251 e. The maximum Gasteiger partial charge on any atom is 0.251 e. The second-order valence-electron chi connectivity index (χ2n) is 7.42. The van der Waals surface area contributed by atoms with E-state index < -0.39 is 0 Å². The second-order valence-corrected chi connectivity index (χ2v) is 7.42. The number of amides is 1. The van der Waals surface area contributed by atoms with E-state index in [4.69, 9.17) is 4.99 Å². The lowest BCUT2D eigenvalue weighted by molar-refractivity contribution is 0.0953. The van der Waals surface area contributed by atoms with Crippen LogP contribution in [-0.2, 0) is 0 Å². The summed E-state index contributed by atoms with van der Waals surface area (Å²) < 4.78 is 0. The van der Waals surface area contributed by atoms with Crippen LogP contribution in [0.5, 0.6) is 5.75 Å². The number of hydrogen-bond acceptors (Lipinski definition) is 3. The Bertz CT molecular complexity index is 655. The Kier molecular flexibility index (Phi) is 6.01. The van der Waals surface area contributed by atoms with Crippen molar-refractivity contribution in [1.29, 1.82) is 0 Å². The zero-order chi connectivity index (χ0) is 18.4.